The second kappa shape index (κ2) is 5.32. The summed E-state index contributed by atoms with van der Waals surface area (Å²) in [7, 11) is 0. The van der Waals surface area contributed by atoms with Gasteiger partial charge in [0.2, 0.25) is 0 Å². The third kappa shape index (κ3) is 2.95. The number of hydrogen-bond acceptors (Lipinski definition) is 5. The maximum atomic E-state index is 11.9. The van der Waals surface area contributed by atoms with Crippen LogP contribution in [0.4, 0.5) is 4.79 Å². The molecule has 108 valence electrons. The molecule has 1 fully saturated rings. The van der Waals surface area contributed by atoms with Crippen molar-refractivity contribution >= 4 is 12.0 Å². The lowest BCUT2D eigenvalue weighted by Gasteiger charge is -2.33. The second-order valence-corrected chi connectivity index (χ2v) is 5.07. The normalized spacial score (nSPS) is 15.1. The molecule has 0 saturated carbocycles. The first kappa shape index (κ1) is 14.0. The van der Waals surface area contributed by atoms with Gasteiger partial charge >= 0.3 is 6.09 Å². The van der Waals surface area contributed by atoms with Gasteiger partial charge in [0.25, 0.3) is 11.5 Å². The van der Waals surface area contributed by atoms with Crippen LogP contribution in [0.1, 0.15) is 24.3 Å². The molecular weight excluding hydrogens is 264 g/mol. The van der Waals surface area contributed by atoms with Crippen LogP contribution in [0.25, 0.3) is 0 Å². The first-order valence-electron chi connectivity index (χ1n) is 6.18. The molecule has 1 aliphatic rings. The second-order valence-electron chi connectivity index (χ2n) is 5.07. The van der Waals surface area contributed by atoms with Crippen molar-refractivity contribution < 1.29 is 14.3 Å². The Kier molecular flexibility index (Phi) is 3.73. The smallest absolute Gasteiger partial charge is 0.410 e. The van der Waals surface area contributed by atoms with E-state index < -0.39 is 11.4 Å². The van der Waals surface area contributed by atoms with Crippen molar-refractivity contribution in [1.82, 2.24) is 20.4 Å². The number of carbonyl (C=O) groups is 2. The molecule has 0 aromatic carbocycles. The fourth-order valence-electron chi connectivity index (χ4n) is 1.90. The minimum Gasteiger partial charge on any atom is -0.448 e. The number of aromatic amines is 1. The lowest BCUT2D eigenvalue weighted by Crippen LogP contribution is -2.52. The molecule has 2 rings (SSSR count). The van der Waals surface area contributed by atoms with E-state index in [0.717, 1.165) is 0 Å². The van der Waals surface area contributed by atoms with Gasteiger partial charge in [0.1, 0.15) is 12.3 Å². The first-order chi connectivity index (χ1) is 9.40. The van der Waals surface area contributed by atoms with Crippen LogP contribution >= 0.6 is 0 Å². The average molecular weight is 280 g/mol. The molecule has 20 heavy (non-hydrogen) atoms. The van der Waals surface area contributed by atoms with Gasteiger partial charge in [-0.25, -0.2) is 9.89 Å². The van der Waals surface area contributed by atoms with Crippen LogP contribution in [-0.4, -0.2) is 52.3 Å². The third-order valence-electron chi connectivity index (χ3n) is 3.08. The molecule has 8 nitrogen and oxygen atoms in total. The van der Waals surface area contributed by atoms with Crippen molar-refractivity contribution in [3.8, 4) is 0 Å². The van der Waals surface area contributed by atoms with Crippen molar-refractivity contribution in [3.05, 3.63) is 28.2 Å². The molecule has 2 N–H and O–H groups in total. The van der Waals surface area contributed by atoms with Gasteiger partial charge in [0.05, 0.1) is 12.1 Å². The van der Waals surface area contributed by atoms with E-state index in [1.54, 1.807) is 4.90 Å². The van der Waals surface area contributed by atoms with E-state index in [1.165, 1.54) is 12.1 Å². The number of hydrogen-bond donors (Lipinski definition) is 2. The number of aromatic nitrogens is 2. The Hall–Kier alpha value is -2.38. The number of carbonyl (C=O) groups excluding carboxylic acids is 2. The number of cyclic esters (lactones) is 1. The molecule has 0 aliphatic carbocycles. The summed E-state index contributed by atoms with van der Waals surface area (Å²) >= 11 is 0. The van der Waals surface area contributed by atoms with Crippen LogP contribution in [0.3, 0.4) is 0 Å². The van der Waals surface area contributed by atoms with Gasteiger partial charge in [-0.1, -0.05) is 0 Å². The molecule has 0 atom stereocenters. The molecule has 2 heterocycles. The Balaban J connectivity index is 1.97. The zero-order valence-corrected chi connectivity index (χ0v) is 11.3. The van der Waals surface area contributed by atoms with E-state index >= 15 is 0 Å². The van der Waals surface area contributed by atoms with Gasteiger partial charge in [0.15, 0.2) is 0 Å². The zero-order chi connectivity index (χ0) is 14.8. The SMILES string of the molecule is CC(C)(CNC(=O)c1ccc(=O)[nH]n1)N1CCOC1=O. The van der Waals surface area contributed by atoms with Crippen LogP contribution < -0.4 is 10.9 Å². The number of nitrogens with zero attached hydrogens (tertiary/aromatic N) is 2. The van der Waals surface area contributed by atoms with Gasteiger partial charge in [-0.05, 0) is 19.9 Å². The largest absolute Gasteiger partial charge is 0.448 e. The molecular formula is C12H16N4O4. The Labute approximate surface area is 115 Å². The number of amides is 2. The summed E-state index contributed by atoms with van der Waals surface area (Å²) < 4.78 is 4.88. The Morgan fingerprint density at radius 1 is 1.50 bits per heavy atom. The molecule has 1 aliphatic heterocycles. The molecule has 0 spiro atoms. The Morgan fingerprint density at radius 2 is 2.25 bits per heavy atom. The molecule has 1 saturated heterocycles. The molecule has 0 unspecified atom stereocenters. The van der Waals surface area contributed by atoms with E-state index in [2.05, 4.69) is 15.5 Å². The lowest BCUT2D eigenvalue weighted by atomic mass is 10.0. The van der Waals surface area contributed by atoms with Crippen LogP contribution in [0, 0.1) is 0 Å². The van der Waals surface area contributed by atoms with E-state index in [4.69, 9.17) is 4.74 Å². The fraction of sp³-hybridized carbons (Fsp3) is 0.500. The third-order valence-corrected chi connectivity index (χ3v) is 3.08. The van der Waals surface area contributed by atoms with Gasteiger partial charge in [-0.2, -0.15) is 5.10 Å². The summed E-state index contributed by atoms with van der Waals surface area (Å²) in [5.41, 5.74) is -0.822. The number of H-pyrrole nitrogens is 1. The predicted molar refractivity (Wildman–Crippen MR) is 69.3 cm³/mol. The monoisotopic (exact) mass is 280 g/mol. The average Bonchev–Trinajstić information content (AvgIpc) is 2.84. The summed E-state index contributed by atoms with van der Waals surface area (Å²) in [6, 6.07) is 2.57. The maximum Gasteiger partial charge on any atom is 0.410 e. The van der Waals surface area contributed by atoms with E-state index in [1.807, 2.05) is 13.8 Å². The van der Waals surface area contributed by atoms with E-state index in [-0.39, 0.29) is 23.9 Å². The van der Waals surface area contributed by atoms with Crippen molar-refractivity contribution in [1.29, 1.82) is 0 Å². The molecule has 0 bridgehead atoms. The number of rotatable bonds is 4. The molecule has 2 amide bonds. The Morgan fingerprint density at radius 3 is 2.80 bits per heavy atom. The predicted octanol–water partition coefficient (Wildman–Crippen LogP) is -0.269. The van der Waals surface area contributed by atoms with Crippen LogP contribution in [-0.2, 0) is 4.74 Å². The standard InChI is InChI=1S/C12H16N4O4/c1-12(2,16-5-6-20-11(16)19)7-13-10(18)8-3-4-9(17)15-14-8/h3-4H,5-7H2,1-2H3,(H,13,18)(H,15,17). The highest BCUT2D eigenvalue weighted by Crippen LogP contribution is 2.18. The highest BCUT2D eigenvalue weighted by Gasteiger charge is 2.35. The maximum absolute atomic E-state index is 11.9. The summed E-state index contributed by atoms with van der Waals surface area (Å²) in [5.74, 6) is -0.415. The molecule has 0 radical (unpaired) electrons. The van der Waals surface area contributed by atoms with Crippen molar-refractivity contribution in [3.63, 3.8) is 0 Å². The van der Waals surface area contributed by atoms with Crippen molar-refractivity contribution in [2.45, 2.75) is 19.4 Å². The van der Waals surface area contributed by atoms with Gasteiger partial charge in [-0.15, -0.1) is 0 Å². The molecule has 1 aromatic heterocycles. The summed E-state index contributed by atoms with van der Waals surface area (Å²) in [6.07, 6.45) is -0.383. The molecule has 8 heteroatoms. The minimum atomic E-state index is -0.564. The topological polar surface area (TPSA) is 104 Å². The highest BCUT2D eigenvalue weighted by molar-refractivity contribution is 5.92. The minimum absolute atomic E-state index is 0.115. The summed E-state index contributed by atoms with van der Waals surface area (Å²) in [4.78, 5) is 35.8. The van der Waals surface area contributed by atoms with Crippen LogP contribution in [0.2, 0.25) is 0 Å². The number of ether oxygens (including phenoxy) is 1. The lowest BCUT2D eigenvalue weighted by molar-refractivity contribution is 0.0897. The van der Waals surface area contributed by atoms with Gasteiger partial charge in [-0.3, -0.25) is 14.5 Å². The van der Waals surface area contributed by atoms with Crippen molar-refractivity contribution in [2.24, 2.45) is 0 Å². The fourth-order valence-corrected chi connectivity index (χ4v) is 1.90. The first-order valence-corrected chi connectivity index (χ1v) is 6.18. The van der Waals surface area contributed by atoms with Gasteiger partial charge in [0, 0.05) is 12.6 Å². The van der Waals surface area contributed by atoms with Gasteiger partial charge < -0.3 is 10.1 Å². The zero-order valence-electron chi connectivity index (χ0n) is 11.3. The summed E-state index contributed by atoms with van der Waals surface area (Å²) in [6.45, 7) is 4.78. The van der Waals surface area contributed by atoms with E-state index in [9.17, 15) is 14.4 Å². The Bertz CT molecular complexity index is 561. The highest BCUT2D eigenvalue weighted by atomic mass is 16.6. The molecule has 1 aromatic rings. The van der Waals surface area contributed by atoms with Crippen molar-refractivity contribution in [2.75, 3.05) is 19.7 Å². The van der Waals surface area contributed by atoms with Crippen LogP contribution in [0.15, 0.2) is 16.9 Å². The van der Waals surface area contributed by atoms with Crippen LogP contribution in [0.5, 0.6) is 0 Å². The number of nitrogens with one attached hydrogen (secondary N) is 2. The van der Waals surface area contributed by atoms with E-state index in [0.29, 0.717) is 13.2 Å². The quantitative estimate of drug-likeness (QED) is 0.790. The summed E-state index contributed by atoms with van der Waals surface area (Å²) in [5, 5.41) is 8.51.